The zero-order valence-corrected chi connectivity index (χ0v) is 10.1. The number of rotatable bonds is 3. The van der Waals surface area contributed by atoms with Gasteiger partial charge in [0.2, 0.25) is 0 Å². The molecule has 0 bridgehead atoms. The lowest BCUT2D eigenvalue weighted by Crippen LogP contribution is -2.07. The highest BCUT2D eigenvalue weighted by molar-refractivity contribution is 6.12. The predicted octanol–water partition coefficient (Wildman–Crippen LogP) is 2.81. The average molecular weight is 225 g/mol. The number of benzene rings is 1. The summed E-state index contributed by atoms with van der Waals surface area (Å²) >= 11 is 0. The Morgan fingerprint density at radius 3 is 2.53 bits per heavy atom. The Bertz CT molecular complexity index is 507. The Balaban J connectivity index is 2.28. The molecule has 86 valence electrons. The van der Waals surface area contributed by atoms with E-state index >= 15 is 0 Å². The van der Waals surface area contributed by atoms with E-state index < -0.39 is 0 Å². The highest BCUT2D eigenvalue weighted by Crippen LogP contribution is 2.22. The normalized spacial score (nSPS) is 16.1. The number of nitrogens with zero attached hydrogens (tertiary/aromatic N) is 1. The van der Waals surface area contributed by atoms with Crippen LogP contribution in [0.1, 0.15) is 10.4 Å². The van der Waals surface area contributed by atoms with Crippen LogP contribution in [0.4, 0.5) is 0 Å². The first kappa shape index (κ1) is 11.4. The molecule has 0 radical (unpaired) electrons. The topological polar surface area (TPSA) is 20.3 Å². The van der Waals surface area contributed by atoms with E-state index in [2.05, 4.69) is 0 Å². The fraction of sp³-hybridized carbons (Fsp3) is 0.133. The Morgan fingerprint density at radius 2 is 1.88 bits per heavy atom. The van der Waals surface area contributed by atoms with Gasteiger partial charge >= 0.3 is 0 Å². The van der Waals surface area contributed by atoms with Crippen molar-refractivity contribution in [2.75, 3.05) is 14.1 Å². The maximum absolute atomic E-state index is 12.3. The number of carbonyl (C=O) groups excluding carboxylic acids is 1. The van der Waals surface area contributed by atoms with Gasteiger partial charge in [-0.25, -0.2) is 0 Å². The van der Waals surface area contributed by atoms with Crippen molar-refractivity contribution in [3.05, 3.63) is 71.5 Å². The van der Waals surface area contributed by atoms with Crippen molar-refractivity contribution in [2.45, 2.75) is 0 Å². The van der Waals surface area contributed by atoms with Crippen LogP contribution in [0.15, 0.2) is 65.9 Å². The van der Waals surface area contributed by atoms with Crippen LogP contribution in [-0.4, -0.2) is 24.8 Å². The molecule has 0 N–H and O–H groups in total. The minimum atomic E-state index is 0.0729. The third-order valence-corrected chi connectivity index (χ3v) is 2.53. The zero-order valence-electron chi connectivity index (χ0n) is 10.1. The summed E-state index contributed by atoms with van der Waals surface area (Å²) in [4.78, 5) is 14.2. The van der Waals surface area contributed by atoms with Crippen molar-refractivity contribution in [3.8, 4) is 0 Å². The minimum absolute atomic E-state index is 0.0729. The van der Waals surface area contributed by atoms with Gasteiger partial charge in [-0.3, -0.25) is 4.79 Å². The van der Waals surface area contributed by atoms with Crippen LogP contribution in [0.5, 0.6) is 0 Å². The molecule has 2 heteroatoms. The third-order valence-electron chi connectivity index (χ3n) is 2.53. The molecule has 1 aromatic carbocycles. The number of allylic oxidation sites excluding steroid dienone is 5. The Kier molecular flexibility index (Phi) is 3.24. The highest BCUT2D eigenvalue weighted by atomic mass is 16.1. The van der Waals surface area contributed by atoms with Crippen LogP contribution in [0.3, 0.4) is 0 Å². The molecule has 2 rings (SSSR count). The summed E-state index contributed by atoms with van der Waals surface area (Å²) in [5, 5.41) is 0. The number of ketones is 1. The number of hydrogen-bond acceptors (Lipinski definition) is 2. The minimum Gasteiger partial charge on any atom is -0.383 e. The fourth-order valence-corrected chi connectivity index (χ4v) is 1.78. The van der Waals surface area contributed by atoms with Crippen molar-refractivity contribution in [1.82, 2.24) is 4.90 Å². The summed E-state index contributed by atoms with van der Waals surface area (Å²) in [6, 6.07) is 9.36. The van der Waals surface area contributed by atoms with E-state index in [4.69, 9.17) is 0 Å². The van der Waals surface area contributed by atoms with Gasteiger partial charge in [0.1, 0.15) is 0 Å². The van der Waals surface area contributed by atoms with E-state index in [9.17, 15) is 4.79 Å². The first-order chi connectivity index (χ1) is 8.18. The van der Waals surface area contributed by atoms with Gasteiger partial charge in [-0.05, 0) is 0 Å². The summed E-state index contributed by atoms with van der Waals surface area (Å²) in [6.07, 6.45) is 7.68. The molecule has 1 aliphatic carbocycles. The maximum Gasteiger partial charge on any atom is 0.193 e. The fourth-order valence-electron chi connectivity index (χ4n) is 1.78. The maximum atomic E-state index is 12.3. The van der Waals surface area contributed by atoms with Gasteiger partial charge in [0.15, 0.2) is 5.78 Å². The molecule has 1 aromatic rings. The first-order valence-corrected chi connectivity index (χ1v) is 5.55. The monoisotopic (exact) mass is 225 g/mol. The lowest BCUT2D eigenvalue weighted by Gasteiger charge is -2.09. The molecule has 0 aromatic heterocycles. The predicted molar refractivity (Wildman–Crippen MR) is 69.8 cm³/mol. The number of Topliss-reactive ketones (excluding diaryl/α,β-unsaturated/α-hetero) is 1. The molecule has 17 heavy (non-hydrogen) atoms. The van der Waals surface area contributed by atoms with Gasteiger partial charge in [-0.2, -0.15) is 0 Å². The second kappa shape index (κ2) is 4.83. The largest absolute Gasteiger partial charge is 0.383 e. The van der Waals surface area contributed by atoms with Crippen LogP contribution in [0.2, 0.25) is 0 Å². The smallest absolute Gasteiger partial charge is 0.193 e. The van der Waals surface area contributed by atoms with Gasteiger partial charge in [0.25, 0.3) is 0 Å². The van der Waals surface area contributed by atoms with E-state index in [1.54, 1.807) is 0 Å². The summed E-state index contributed by atoms with van der Waals surface area (Å²) in [5.74, 6) is 0.0729. The Labute approximate surface area is 102 Å². The van der Waals surface area contributed by atoms with Crippen molar-refractivity contribution in [2.24, 2.45) is 0 Å². The number of carbonyl (C=O) groups is 1. The van der Waals surface area contributed by atoms with Crippen molar-refractivity contribution in [1.29, 1.82) is 0 Å². The van der Waals surface area contributed by atoms with Crippen LogP contribution < -0.4 is 0 Å². The quantitative estimate of drug-likeness (QED) is 0.737. The van der Waals surface area contributed by atoms with Gasteiger partial charge in [0, 0.05) is 37.0 Å². The molecule has 0 spiro atoms. The average Bonchev–Trinajstić information content (AvgIpc) is 2.76. The molecule has 0 unspecified atom stereocenters. The van der Waals surface area contributed by atoms with Gasteiger partial charge in [0.05, 0.1) is 0 Å². The molecule has 0 heterocycles. The van der Waals surface area contributed by atoms with Gasteiger partial charge < -0.3 is 4.90 Å². The first-order valence-electron chi connectivity index (χ1n) is 5.55. The van der Waals surface area contributed by atoms with Crippen LogP contribution in [0, 0.1) is 0 Å². The lowest BCUT2D eigenvalue weighted by atomic mass is 10.00. The zero-order chi connectivity index (χ0) is 12.3. The van der Waals surface area contributed by atoms with Crippen molar-refractivity contribution >= 4 is 5.78 Å². The molecular formula is C15H15NO. The number of hydrogen-bond donors (Lipinski definition) is 0. The molecule has 0 saturated heterocycles. The van der Waals surface area contributed by atoms with E-state index in [-0.39, 0.29) is 5.78 Å². The van der Waals surface area contributed by atoms with Crippen molar-refractivity contribution < 1.29 is 4.79 Å². The summed E-state index contributed by atoms with van der Waals surface area (Å²) in [5.41, 5.74) is 2.45. The van der Waals surface area contributed by atoms with E-state index in [1.807, 2.05) is 73.8 Å². The highest BCUT2D eigenvalue weighted by Gasteiger charge is 2.16. The molecule has 0 amide bonds. The van der Waals surface area contributed by atoms with Gasteiger partial charge in [-0.15, -0.1) is 0 Å². The summed E-state index contributed by atoms with van der Waals surface area (Å²) < 4.78 is 0. The molecule has 0 aliphatic heterocycles. The van der Waals surface area contributed by atoms with E-state index in [0.717, 1.165) is 16.7 Å². The molecule has 0 atom stereocenters. The second-order valence-corrected chi connectivity index (χ2v) is 4.18. The van der Waals surface area contributed by atoms with E-state index in [0.29, 0.717) is 0 Å². The van der Waals surface area contributed by atoms with Crippen LogP contribution >= 0.6 is 0 Å². The SMILES string of the molecule is CN(C)/C=C1\C=CC=C1C(=O)c1ccccc1. The Hall–Kier alpha value is -2.09. The Morgan fingerprint density at radius 1 is 1.18 bits per heavy atom. The van der Waals surface area contributed by atoms with Crippen LogP contribution in [0.25, 0.3) is 0 Å². The van der Waals surface area contributed by atoms with E-state index in [1.165, 1.54) is 0 Å². The van der Waals surface area contributed by atoms with Gasteiger partial charge in [-0.1, -0.05) is 48.6 Å². The van der Waals surface area contributed by atoms with Crippen molar-refractivity contribution in [3.63, 3.8) is 0 Å². The summed E-state index contributed by atoms with van der Waals surface area (Å²) in [7, 11) is 3.90. The molecule has 0 saturated carbocycles. The molecular weight excluding hydrogens is 210 g/mol. The molecule has 1 aliphatic rings. The second-order valence-electron chi connectivity index (χ2n) is 4.18. The molecule has 0 fully saturated rings. The third kappa shape index (κ3) is 2.53. The summed E-state index contributed by atoms with van der Waals surface area (Å²) in [6.45, 7) is 0. The van der Waals surface area contributed by atoms with Crippen LogP contribution in [-0.2, 0) is 0 Å². The molecule has 2 nitrogen and oxygen atoms in total. The lowest BCUT2D eigenvalue weighted by molar-refractivity contribution is 0.103. The standard InChI is InChI=1S/C15H15NO/c1-16(2)11-13-9-6-10-14(13)15(17)12-7-4-3-5-8-12/h3-11H,1-2H3/b13-11+.